The Morgan fingerprint density at radius 2 is 1.81 bits per heavy atom. The summed E-state index contributed by atoms with van der Waals surface area (Å²) in [4.78, 5) is 0. The first kappa shape index (κ1) is 9.00. The Bertz CT molecular complexity index is 368. The van der Waals surface area contributed by atoms with Gasteiger partial charge >= 0.3 is 0 Å². The zero-order valence-corrected chi connectivity index (χ0v) is 10.7. The highest BCUT2D eigenvalue weighted by Crippen LogP contribution is 2.81. The maximum Gasteiger partial charge on any atom is -0.0230 e. The summed E-state index contributed by atoms with van der Waals surface area (Å²) >= 11 is 0. The molecule has 0 saturated heterocycles. The Hall–Kier alpha value is 0. The summed E-state index contributed by atoms with van der Waals surface area (Å²) in [6.07, 6.45) is 9.65. The first-order valence-electron chi connectivity index (χ1n) is 7.63. The largest absolute Gasteiger partial charge is 0.0596 e. The van der Waals surface area contributed by atoms with Crippen molar-refractivity contribution in [3.8, 4) is 0 Å². The molecule has 0 aliphatic heterocycles. The van der Waals surface area contributed by atoms with Crippen molar-refractivity contribution in [1.82, 2.24) is 0 Å². The summed E-state index contributed by atoms with van der Waals surface area (Å²) in [5.74, 6) is 7.07. The molecule has 0 aromatic heterocycles. The van der Waals surface area contributed by atoms with Crippen molar-refractivity contribution in [3.63, 3.8) is 0 Å². The Morgan fingerprint density at radius 1 is 1.00 bits per heavy atom. The summed E-state index contributed by atoms with van der Waals surface area (Å²) in [7, 11) is 0. The molecule has 0 heterocycles. The highest BCUT2D eigenvalue weighted by atomic mass is 14.8. The van der Waals surface area contributed by atoms with Crippen LogP contribution >= 0.6 is 0 Å². The second-order valence-corrected chi connectivity index (χ2v) is 8.49. The molecule has 5 fully saturated rings. The minimum absolute atomic E-state index is 0.693. The van der Waals surface area contributed by atoms with Crippen LogP contribution in [0.25, 0.3) is 0 Å². The van der Waals surface area contributed by atoms with Gasteiger partial charge in [0.2, 0.25) is 0 Å². The van der Waals surface area contributed by atoms with Crippen LogP contribution in [0.1, 0.15) is 52.4 Å². The lowest BCUT2D eigenvalue weighted by molar-refractivity contribution is -0.169. The molecule has 0 aromatic rings. The van der Waals surface area contributed by atoms with Gasteiger partial charge in [-0.25, -0.2) is 0 Å². The summed E-state index contributed by atoms with van der Waals surface area (Å²) < 4.78 is 0. The Balaban J connectivity index is 1.69. The van der Waals surface area contributed by atoms with Gasteiger partial charge in [0.15, 0.2) is 0 Å². The molecule has 5 saturated carbocycles. The van der Waals surface area contributed by atoms with Gasteiger partial charge in [-0.05, 0) is 84.9 Å². The molecule has 16 heavy (non-hydrogen) atoms. The van der Waals surface area contributed by atoms with Crippen LogP contribution in [-0.2, 0) is 0 Å². The Morgan fingerprint density at radius 3 is 2.56 bits per heavy atom. The van der Waals surface area contributed by atoms with Gasteiger partial charge in [0.1, 0.15) is 0 Å². The van der Waals surface area contributed by atoms with E-state index >= 15 is 0 Å². The normalized spacial score (nSPS) is 67.9. The van der Waals surface area contributed by atoms with E-state index in [0.29, 0.717) is 5.41 Å². The lowest BCUT2D eigenvalue weighted by Crippen LogP contribution is -2.59. The van der Waals surface area contributed by atoms with Crippen LogP contribution in [-0.4, -0.2) is 0 Å². The van der Waals surface area contributed by atoms with E-state index in [-0.39, 0.29) is 0 Å². The molecule has 7 atom stereocenters. The van der Waals surface area contributed by atoms with E-state index < -0.39 is 0 Å². The van der Waals surface area contributed by atoms with Gasteiger partial charge < -0.3 is 0 Å². The van der Waals surface area contributed by atoms with Crippen molar-refractivity contribution < 1.29 is 0 Å². The van der Waals surface area contributed by atoms with Crippen molar-refractivity contribution in [2.45, 2.75) is 52.4 Å². The second-order valence-electron chi connectivity index (χ2n) is 8.49. The van der Waals surface area contributed by atoms with E-state index in [2.05, 4.69) is 13.8 Å². The van der Waals surface area contributed by atoms with E-state index in [0.717, 1.165) is 17.3 Å². The predicted molar refractivity (Wildman–Crippen MR) is 64.9 cm³/mol. The Labute approximate surface area is 99.2 Å². The fraction of sp³-hybridized carbons (Fsp3) is 1.00. The molecule has 0 nitrogen and oxygen atoms in total. The molecular formula is C16H24. The van der Waals surface area contributed by atoms with Crippen molar-refractivity contribution in [2.24, 2.45) is 46.3 Å². The van der Waals surface area contributed by atoms with Gasteiger partial charge in [0.25, 0.3) is 0 Å². The maximum absolute atomic E-state index is 2.61. The maximum atomic E-state index is 2.61. The van der Waals surface area contributed by atoms with Crippen molar-refractivity contribution in [1.29, 1.82) is 0 Å². The van der Waals surface area contributed by atoms with Crippen LogP contribution in [0.2, 0.25) is 0 Å². The van der Waals surface area contributed by atoms with E-state index in [9.17, 15) is 0 Å². The molecule has 0 spiro atoms. The number of fused-ring (bicyclic) bond motifs is 1. The zero-order chi connectivity index (χ0) is 10.7. The average molecular weight is 216 g/mol. The zero-order valence-electron chi connectivity index (χ0n) is 10.7. The SMILES string of the molecule is CC1(C)CC2CC3C4CCC5(CCC45)C1C23. The van der Waals surface area contributed by atoms with Crippen LogP contribution < -0.4 is 0 Å². The van der Waals surface area contributed by atoms with Gasteiger partial charge in [-0.3, -0.25) is 0 Å². The van der Waals surface area contributed by atoms with Crippen LogP contribution in [0.15, 0.2) is 0 Å². The molecule has 7 unspecified atom stereocenters. The van der Waals surface area contributed by atoms with Gasteiger partial charge in [0, 0.05) is 0 Å². The van der Waals surface area contributed by atoms with Crippen LogP contribution in [0, 0.1) is 46.3 Å². The van der Waals surface area contributed by atoms with E-state index in [1.54, 1.807) is 38.5 Å². The molecule has 0 N–H and O–H groups in total. The molecule has 0 heteroatoms. The highest BCUT2D eigenvalue weighted by molar-refractivity contribution is 5.23. The van der Waals surface area contributed by atoms with Crippen LogP contribution in [0.3, 0.4) is 0 Å². The van der Waals surface area contributed by atoms with Crippen LogP contribution in [0.4, 0.5) is 0 Å². The lowest BCUT2D eigenvalue weighted by atomic mass is 9.40. The molecule has 0 radical (unpaired) electrons. The monoisotopic (exact) mass is 216 g/mol. The molecule has 0 aromatic carbocycles. The minimum Gasteiger partial charge on any atom is -0.0596 e. The van der Waals surface area contributed by atoms with Gasteiger partial charge in [-0.2, -0.15) is 0 Å². The smallest absolute Gasteiger partial charge is 0.0230 e. The fourth-order valence-electron chi connectivity index (χ4n) is 7.83. The van der Waals surface area contributed by atoms with Crippen molar-refractivity contribution >= 4 is 0 Å². The van der Waals surface area contributed by atoms with E-state index in [1.807, 2.05) is 0 Å². The highest BCUT2D eigenvalue weighted by Gasteiger charge is 2.74. The molecule has 2 bridgehead atoms. The van der Waals surface area contributed by atoms with E-state index in [4.69, 9.17) is 0 Å². The molecular weight excluding hydrogens is 192 g/mol. The molecule has 5 aliphatic carbocycles. The average Bonchev–Trinajstić information content (AvgIpc) is 2.47. The summed E-state index contributed by atoms with van der Waals surface area (Å²) in [5, 5.41) is 0. The Kier molecular flexibility index (Phi) is 1.28. The van der Waals surface area contributed by atoms with Crippen molar-refractivity contribution in [3.05, 3.63) is 0 Å². The topological polar surface area (TPSA) is 0 Å². The molecule has 5 aliphatic rings. The molecule has 5 rings (SSSR count). The second kappa shape index (κ2) is 2.27. The summed E-state index contributed by atoms with van der Waals surface area (Å²) in [5.41, 5.74) is 1.57. The summed E-state index contributed by atoms with van der Waals surface area (Å²) in [6, 6.07) is 0. The van der Waals surface area contributed by atoms with Gasteiger partial charge in [-0.1, -0.05) is 13.8 Å². The predicted octanol–water partition coefficient (Wildman–Crippen LogP) is 4.10. The van der Waals surface area contributed by atoms with Gasteiger partial charge in [-0.15, -0.1) is 0 Å². The third-order valence-corrected chi connectivity index (χ3v) is 7.92. The summed E-state index contributed by atoms with van der Waals surface area (Å²) in [6.45, 7) is 5.21. The third-order valence-electron chi connectivity index (χ3n) is 7.92. The number of rotatable bonds is 0. The first-order chi connectivity index (χ1) is 7.63. The van der Waals surface area contributed by atoms with Gasteiger partial charge in [0.05, 0.1) is 0 Å². The fourth-order valence-corrected chi connectivity index (χ4v) is 7.83. The first-order valence-corrected chi connectivity index (χ1v) is 7.63. The molecule has 0 amide bonds. The number of hydrogen-bond donors (Lipinski definition) is 0. The van der Waals surface area contributed by atoms with Crippen molar-refractivity contribution in [2.75, 3.05) is 0 Å². The lowest BCUT2D eigenvalue weighted by Gasteiger charge is -2.65. The third kappa shape index (κ3) is 0.680. The number of hydrogen-bond acceptors (Lipinski definition) is 0. The van der Waals surface area contributed by atoms with Crippen LogP contribution in [0.5, 0.6) is 0 Å². The standard InChI is InChI=1S/C16H24/c1-15(2)8-9-7-11-10-3-5-16(6-4-12(10)16)14(15)13(9)11/h9-14H,3-8H2,1-2H3. The quantitative estimate of drug-likeness (QED) is 0.572. The minimum atomic E-state index is 0.693. The molecule has 88 valence electrons. The van der Waals surface area contributed by atoms with E-state index in [1.165, 1.54) is 23.7 Å².